The molecule has 1 fully saturated rings. The predicted molar refractivity (Wildman–Crippen MR) is 78.2 cm³/mol. The van der Waals surface area contributed by atoms with Gasteiger partial charge < -0.3 is 10.4 Å². The van der Waals surface area contributed by atoms with Crippen LogP contribution in [0.2, 0.25) is 0 Å². The minimum atomic E-state index is -3.53. The van der Waals surface area contributed by atoms with Crippen LogP contribution in [0.1, 0.15) is 46.0 Å². The van der Waals surface area contributed by atoms with Crippen molar-refractivity contribution in [2.24, 2.45) is 5.41 Å². The molecule has 0 heterocycles. The highest BCUT2D eigenvalue weighted by Gasteiger charge is 2.41. The lowest BCUT2D eigenvalue weighted by atomic mass is 9.74. The topological polar surface area (TPSA) is 113 Å². The van der Waals surface area contributed by atoms with Crippen LogP contribution in [0.15, 0.2) is 0 Å². The molecule has 0 unspecified atom stereocenters. The first kappa shape index (κ1) is 17.9. The molecule has 1 aliphatic carbocycles. The average molecular weight is 320 g/mol. The number of carbonyl (C=O) groups excluding carboxylic acids is 1. The molecular formula is C13H24N2O5S. The van der Waals surface area contributed by atoms with Crippen LogP contribution < -0.4 is 10.0 Å². The summed E-state index contributed by atoms with van der Waals surface area (Å²) < 4.78 is 24.7. The number of rotatable bonds is 6. The van der Waals surface area contributed by atoms with E-state index in [4.69, 9.17) is 0 Å². The molecule has 0 aromatic heterocycles. The molecule has 0 radical (unpaired) electrons. The van der Waals surface area contributed by atoms with Crippen LogP contribution in [0, 0.1) is 5.41 Å². The normalized spacial score (nSPS) is 19.0. The number of amides is 1. The Kier molecular flexibility index (Phi) is 5.38. The molecule has 1 saturated carbocycles. The summed E-state index contributed by atoms with van der Waals surface area (Å²) >= 11 is 0. The van der Waals surface area contributed by atoms with Gasteiger partial charge in [-0.15, -0.1) is 0 Å². The van der Waals surface area contributed by atoms with Crippen LogP contribution in [-0.4, -0.2) is 43.7 Å². The number of hydrogen-bond donors (Lipinski definition) is 3. The van der Waals surface area contributed by atoms with Crippen molar-refractivity contribution in [2.75, 3.05) is 12.8 Å². The van der Waals surface area contributed by atoms with Gasteiger partial charge in [-0.05, 0) is 26.7 Å². The zero-order valence-corrected chi connectivity index (χ0v) is 13.5. The second-order valence-electron chi connectivity index (χ2n) is 6.33. The number of sulfonamides is 1. The van der Waals surface area contributed by atoms with E-state index in [-0.39, 0.29) is 6.54 Å². The lowest BCUT2D eigenvalue weighted by Crippen LogP contribution is -2.56. The third kappa shape index (κ3) is 4.96. The highest BCUT2D eigenvalue weighted by molar-refractivity contribution is 7.88. The number of aliphatic carboxylic acids is 1. The molecule has 0 aromatic rings. The van der Waals surface area contributed by atoms with Crippen molar-refractivity contribution in [1.29, 1.82) is 0 Å². The predicted octanol–water partition coefficient (Wildman–Crippen LogP) is 0.466. The smallest absolute Gasteiger partial charge is 0.311 e. The summed E-state index contributed by atoms with van der Waals surface area (Å²) in [5.41, 5.74) is -2.25. The second kappa shape index (κ2) is 6.31. The average Bonchev–Trinajstić information content (AvgIpc) is 2.34. The van der Waals surface area contributed by atoms with E-state index in [1.54, 1.807) is 0 Å². The van der Waals surface area contributed by atoms with Crippen molar-refractivity contribution >= 4 is 21.9 Å². The van der Waals surface area contributed by atoms with Crippen LogP contribution in [0.5, 0.6) is 0 Å². The Hall–Kier alpha value is -1.15. The van der Waals surface area contributed by atoms with Gasteiger partial charge in [-0.1, -0.05) is 19.3 Å². The Labute approximate surface area is 125 Å². The van der Waals surface area contributed by atoms with E-state index in [1.165, 1.54) is 13.8 Å². The van der Waals surface area contributed by atoms with E-state index in [9.17, 15) is 23.1 Å². The molecule has 0 bridgehead atoms. The molecule has 0 atom stereocenters. The molecule has 0 saturated heterocycles. The van der Waals surface area contributed by atoms with Crippen LogP contribution in [0.4, 0.5) is 0 Å². The largest absolute Gasteiger partial charge is 0.481 e. The minimum absolute atomic E-state index is 0.0238. The maximum Gasteiger partial charge on any atom is 0.311 e. The standard InChI is InChI=1S/C13H24N2O5S/c1-12(2,15-21(3,19)20)10(16)14-9-13(11(17)18)7-5-4-6-8-13/h15H,4-9H2,1-3H3,(H,14,16)(H,17,18). The molecule has 21 heavy (non-hydrogen) atoms. The Morgan fingerprint density at radius 1 is 1.19 bits per heavy atom. The van der Waals surface area contributed by atoms with Gasteiger partial charge in [0.15, 0.2) is 0 Å². The Morgan fingerprint density at radius 2 is 1.71 bits per heavy atom. The van der Waals surface area contributed by atoms with Gasteiger partial charge in [0, 0.05) is 6.54 Å². The first-order chi connectivity index (χ1) is 9.49. The van der Waals surface area contributed by atoms with Gasteiger partial charge in [-0.2, -0.15) is 0 Å². The van der Waals surface area contributed by atoms with Crippen molar-refractivity contribution in [3.05, 3.63) is 0 Å². The number of nitrogens with one attached hydrogen (secondary N) is 2. The highest BCUT2D eigenvalue weighted by atomic mass is 32.2. The van der Waals surface area contributed by atoms with E-state index >= 15 is 0 Å². The SMILES string of the molecule is CC(C)(NS(C)(=O)=O)C(=O)NCC1(C(=O)O)CCCCC1. The van der Waals surface area contributed by atoms with E-state index < -0.39 is 32.9 Å². The van der Waals surface area contributed by atoms with Crippen LogP contribution in [0.25, 0.3) is 0 Å². The molecule has 1 rings (SSSR count). The number of hydrogen-bond acceptors (Lipinski definition) is 4. The van der Waals surface area contributed by atoms with Crippen molar-refractivity contribution in [1.82, 2.24) is 10.0 Å². The molecule has 0 aromatic carbocycles. The van der Waals surface area contributed by atoms with Crippen molar-refractivity contribution in [3.8, 4) is 0 Å². The molecular weight excluding hydrogens is 296 g/mol. The fourth-order valence-corrected chi connectivity index (χ4v) is 3.69. The molecule has 1 amide bonds. The van der Waals surface area contributed by atoms with Crippen LogP contribution in [0.3, 0.4) is 0 Å². The molecule has 8 heteroatoms. The summed E-state index contributed by atoms with van der Waals surface area (Å²) in [5, 5.41) is 12.0. The van der Waals surface area contributed by atoms with E-state index in [2.05, 4.69) is 10.0 Å². The zero-order valence-electron chi connectivity index (χ0n) is 12.7. The molecule has 0 spiro atoms. The molecule has 0 aliphatic heterocycles. The third-order valence-electron chi connectivity index (χ3n) is 3.86. The van der Waals surface area contributed by atoms with Gasteiger partial charge in [0.05, 0.1) is 11.7 Å². The van der Waals surface area contributed by atoms with Crippen LogP contribution in [-0.2, 0) is 19.6 Å². The summed E-state index contributed by atoms with van der Waals surface area (Å²) in [7, 11) is -3.53. The third-order valence-corrected chi connectivity index (χ3v) is 4.74. The van der Waals surface area contributed by atoms with Gasteiger partial charge in [0.25, 0.3) is 0 Å². The number of carbonyl (C=O) groups is 2. The molecule has 7 nitrogen and oxygen atoms in total. The Morgan fingerprint density at radius 3 is 2.14 bits per heavy atom. The van der Waals surface area contributed by atoms with Gasteiger partial charge in [0.1, 0.15) is 5.54 Å². The molecule has 122 valence electrons. The summed E-state index contributed by atoms with van der Waals surface area (Å²) in [4.78, 5) is 23.6. The number of carboxylic acids is 1. The fourth-order valence-electron chi connectivity index (χ4n) is 2.68. The summed E-state index contributed by atoms with van der Waals surface area (Å²) in [6.07, 6.45) is 4.69. The van der Waals surface area contributed by atoms with E-state index in [1.807, 2.05) is 0 Å². The van der Waals surface area contributed by atoms with Crippen molar-refractivity contribution in [3.63, 3.8) is 0 Å². The minimum Gasteiger partial charge on any atom is -0.481 e. The fraction of sp³-hybridized carbons (Fsp3) is 0.846. The van der Waals surface area contributed by atoms with E-state index in [0.29, 0.717) is 12.8 Å². The lowest BCUT2D eigenvalue weighted by Gasteiger charge is -2.34. The van der Waals surface area contributed by atoms with Gasteiger partial charge in [0.2, 0.25) is 15.9 Å². The second-order valence-corrected chi connectivity index (χ2v) is 8.08. The summed E-state index contributed by atoms with van der Waals surface area (Å²) in [6, 6.07) is 0. The van der Waals surface area contributed by atoms with Crippen molar-refractivity contribution < 1.29 is 23.1 Å². The number of carboxylic acid groups (broad SMARTS) is 1. The van der Waals surface area contributed by atoms with Crippen molar-refractivity contribution in [2.45, 2.75) is 51.5 Å². The first-order valence-corrected chi connectivity index (χ1v) is 8.88. The monoisotopic (exact) mass is 320 g/mol. The summed E-state index contributed by atoms with van der Waals surface area (Å²) in [5.74, 6) is -1.43. The highest BCUT2D eigenvalue weighted by Crippen LogP contribution is 2.36. The Balaban J connectivity index is 2.72. The zero-order chi connectivity index (χ0) is 16.3. The maximum absolute atomic E-state index is 12.1. The Bertz CT molecular complexity index is 507. The first-order valence-electron chi connectivity index (χ1n) is 6.99. The van der Waals surface area contributed by atoms with Gasteiger partial charge in [-0.3, -0.25) is 9.59 Å². The molecule has 3 N–H and O–H groups in total. The summed E-state index contributed by atoms with van der Waals surface area (Å²) in [6.45, 7) is 2.91. The maximum atomic E-state index is 12.1. The molecule has 1 aliphatic rings. The van der Waals surface area contributed by atoms with E-state index in [0.717, 1.165) is 25.5 Å². The van der Waals surface area contributed by atoms with Crippen LogP contribution >= 0.6 is 0 Å². The lowest BCUT2D eigenvalue weighted by molar-refractivity contribution is -0.151. The quantitative estimate of drug-likeness (QED) is 0.658. The van der Waals surface area contributed by atoms with Gasteiger partial charge in [-0.25, -0.2) is 13.1 Å². The van der Waals surface area contributed by atoms with Gasteiger partial charge >= 0.3 is 5.97 Å².